The highest BCUT2D eigenvalue weighted by atomic mass is 79.9. The van der Waals surface area contributed by atoms with Crippen molar-refractivity contribution >= 4 is 53.8 Å². The number of carboxylic acids is 1. The number of hydrogen-bond donors (Lipinski definition) is 1. The Balaban J connectivity index is 3.72. The van der Waals surface area contributed by atoms with Gasteiger partial charge in [-0.1, -0.05) is 47.8 Å². The third kappa shape index (κ3) is 3.57. The van der Waals surface area contributed by atoms with Crippen molar-refractivity contribution in [2.75, 3.05) is 5.33 Å². The number of rotatable bonds is 3. The van der Waals surface area contributed by atoms with E-state index >= 15 is 0 Å². The molecule has 0 aliphatic carbocycles. The lowest BCUT2D eigenvalue weighted by atomic mass is 10.3. The molecular formula is C4H5Br3O2. The van der Waals surface area contributed by atoms with Crippen LogP contribution >= 0.6 is 47.8 Å². The highest BCUT2D eigenvalue weighted by Crippen LogP contribution is 2.16. The van der Waals surface area contributed by atoms with E-state index in [-0.39, 0.29) is 4.83 Å². The Morgan fingerprint density at radius 2 is 2.00 bits per heavy atom. The summed E-state index contributed by atoms with van der Waals surface area (Å²) < 4.78 is 0. The number of halogens is 3. The lowest BCUT2D eigenvalue weighted by Crippen LogP contribution is -2.24. The molecule has 0 bridgehead atoms. The number of alkyl halides is 3. The standard InChI is InChI=1S/C4H5Br3O2/c5-1-2(6)3(7)4(8)9/h2-3H,1H2,(H,8,9). The molecule has 0 fully saturated rings. The second-order valence-corrected chi connectivity index (χ2v) is 4.22. The first kappa shape index (κ1) is 9.91. The molecule has 0 aliphatic heterocycles. The van der Waals surface area contributed by atoms with Crippen LogP contribution in [-0.4, -0.2) is 26.1 Å². The van der Waals surface area contributed by atoms with Gasteiger partial charge in [0.1, 0.15) is 4.83 Å². The molecule has 0 saturated carbocycles. The van der Waals surface area contributed by atoms with E-state index in [1.165, 1.54) is 0 Å². The zero-order chi connectivity index (χ0) is 7.44. The van der Waals surface area contributed by atoms with E-state index < -0.39 is 10.8 Å². The van der Waals surface area contributed by atoms with Crippen molar-refractivity contribution in [3.8, 4) is 0 Å². The molecule has 0 rings (SSSR count). The Morgan fingerprint density at radius 3 is 2.11 bits per heavy atom. The van der Waals surface area contributed by atoms with Crippen LogP contribution in [0, 0.1) is 0 Å². The van der Waals surface area contributed by atoms with E-state index in [0.29, 0.717) is 5.33 Å². The second-order valence-electron chi connectivity index (χ2n) is 1.41. The smallest absolute Gasteiger partial charge is 0.318 e. The van der Waals surface area contributed by atoms with Crippen LogP contribution in [0.3, 0.4) is 0 Å². The molecule has 0 saturated heterocycles. The van der Waals surface area contributed by atoms with Gasteiger partial charge in [0, 0.05) is 10.2 Å². The fourth-order valence-corrected chi connectivity index (χ4v) is 1.52. The Hall–Kier alpha value is 0.910. The molecule has 54 valence electrons. The fourth-order valence-electron chi connectivity index (χ4n) is 0.233. The summed E-state index contributed by atoms with van der Waals surface area (Å²) >= 11 is 9.30. The van der Waals surface area contributed by atoms with Crippen LogP contribution < -0.4 is 0 Å². The van der Waals surface area contributed by atoms with E-state index in [1.54, 1.807) is 0 Å². The summed E-state index contributed by atoms with van der Waals surface area (Å²) in [5, 5.41) is 9.01. The highest BCUT2D eigenvalue weighted by Gasteiger charge is 2.21. The van der Waals surface area contributed by atoms with Crippen LogP contribution in [-0.2, 0) is 4.79 Å². The van der Waals surface area contributed by atoms with Gasteiger partial charge in [-0.25, -0.2) is 0 Å². The lowest BCUT2D eigenvalue weighted by molar-refractivity contribution is -0.136. The summed E-state index contributed by atoms with van der Waals surface area (Å²) in [6.45, 7) is 0. The molecule has 0 aliphatic rings. The van der Waals surface area contributed by atoms with Gasteiger partial charge in [-0.05, 0) is 0 Å². The average Bonchev–Trinajstić information content (AvgIpc) is 1.84. The van der Waals surface area contributed by atoms with Gasteiger partial charge in [-0.3, -0.25) is 4.79 Å². The minimum atomic E-state index is -0.851. The van der Waals surface area contributed by atoms with Crippen LogP contribution in [0.15, 0.2) is 0 Å². The zero-order valence-corrected chi connectivity index (χ0v) is 9.11. The van der Waals surface area contributed by atoms with Gasteiger partial charge in [-0.15, -0.1) is 0 Å². The van der Waals surface area contributed by atoms with E-state index in [9.17, 15) is 4.79 Å². The summed E-state index contributed by atoms with van der Waals surface area (Å²) in [4.78, 5) is 9.62. The SMILES string of the molecule is O=C(O)C(Br)C(Br)CBr. The van der Waals surface area contributed by atoms with Crippen molar-refractivity contribution in [1.82, 2.24) is 0 Å². The normalized spacial score (nSPS) is 16.8. The summed E-state index contributed by atoms with van der Waals surface area (Å²) in [6, 6.07) is 0. The summed E-state index contributed by atoms with van der Waals surface area (Å²) in [6.07, 6.45) is 0. The number of hydrogen-bond acceptors (Lipinski definition) is 1. The topological polar surface area (TPSA) is 37.3 Å². The molecule has 2 unspecified atom stereocenters. The summed E-state index contributed by atoms with van der Waals surface area (Å²) in [5.74, 6) is -0.851. The van der Waals surface area contributed by atoms with Crippen LogP contribution in [0.2, 0.25) is 0 Å². The maximum atomic E-state index is 10.2. The van der Waals surface area contributed by atoms with Gasteiger partial charge >= 0.3 is 5.97 Å². The molecule has 1 N–H and O–H groups in total. The zero-order valence-electron chi connectivity index (χ0n) is 4.35. The Kier molecular flexibility index (Phi) is 5.16. The number of carboxylic acid groups (broad SMARTS) is 1. The first-order valence-electron chi connectivity index (χ1n) is 2.16. The molecule has 9 heavy (non-hydrogen) atoms. The van der Waals surface area contributed by atoms with Gasteiger partial charge in [0.2, 0.25) is 0 Å². The monoisotopic (exact) mass is 322 g/mol. The molecule has 5 heteroatoms. The van der Waals surface area contributed by atoms with Crippen LogP contribution in [0.5, 0.6) is 0 Å². The van der Waals surface area contributed by atoms with Crippen LogP contribution in [0.25, 0.3) is 0 Å². The van der Waals surface area contributed by atoms with Gasteiger partial charge in [0.25, 0.3) is 0 Å². The van der Waals surface area contributed by atoms with Crippen LogP contribution in [0.1, 0.15) is 0 Å². The van der Waals surface area contributed by atoms with Gasteiger partial charge in [-0.2, -0.15) is 0 Å². The van der Waals surface area contributed by atoms with E-state index in [4.69, 9.17) is 5.11 Å². The number of aliphatic carboxylic acids is 1. The largest absolute Gasteiger partial charge is 0.480 e. The minimum Gasteiger partial charge on any atom is -0.480 e. The molecular weight excluding hydrogens is 320 g/mol. The fraction of sp³-hybridized carbons (Fsp3) is 0.750. The van der Waals surface area contributed by atoms with Crippen molar-refractivity contribution in [3.63, 3.8) is 0 Å². The first-order chi connectivity index (χ1) is 4.09. The molecule has 2 atom stereocenters. The van der Waals surface area contributed by atoms with Gasteiger partial charge in [0.05, 0.1) is 0 Å². The van der Waals surface area contributed by atoms with Crippen molar-refractivity contribution in [1.29, 1.82) is 0 Å². The van der Waals surface area contributed by atoms with Crippen molar-refractivity contribution in [2.24, 2.45) is 0 Å². The summed E-state index contributed by atoms with van der Waals surface area (Å²) in [5.41, 5.74) is 0. The van der Waals surface area contributed by atoms with Crippen molar-refractivity contribution in [2.45, 2.75) is 9.65 Å². The molecule has 0 aromatic rings. The average molecular weight is 325 g/mol. The third-order valence-corrected chi connectivity index (χ3v) is 4.86. The van der Waals surface area contributed by atoms with E-state index in [1.807, 2.05) is 0 Å². The molecule has 0 amide bonds. The lowest BCUT2D eigenvalue weighted by Gasteiger charge is -2.07. The van der Waals surface area contributed by atoms with Gasteiger partial charge < -0.3 is 5.11 Å². The maximum absolute atomic E-state index is 10.2. The van der Waals surface area contributed by atoms with Gasteiger partial charge in [0.15, 0.2) is 0 Å². The van der Waals surface area contributed by atoms with Crippen molar-refractivity contribution in [3.05, 3.63) is 0 Å². The molecule has 0 spiro atoms. The Morgan fingerprint density at radius 1 is 1.56 bits per heavy atom. The second kappa shape index (κ2) is 4.68. The maximum Gasteiger partial charge on any atom is 0.318 e. The predicted molar refractivity (Wildman–Crippen MR) is 46.9 cm³/mol. The molecule has 0 aromatic heterocycles. The minimum absolute atomic E-state index is 0.0602. The molecule has 0 aromatic carbocycles. The molecule has 0 radical (unpaired) electrons. The predicted octanol–water partition coefficient (Wildman–Crippen LogP) is 1.99. The molecule has 2 nitrogen and oxygen atoms in total. The highest BCUT2D eigenvalue weighted by molar-refractivity contribution is 9.13. The third-order valence-electron chi connectivity index (χ3n) is 0.701. The van der Waals surface area contributed by atoms with Crippen molar-refractivity contribution < 1.29 is 9.90 Å². The van der Waals surface area contributed by atoms with Crippen LogP contribution in [0.4, 0.5) is 0 Å². The molecule has 0 heterocycles. The number of carbonyl (C=O) groups is 1. The first-order valence-corrected chi connectivity index (χ1v) is 5.11. The summed E-state index contributed by atoms with van der Waals surface area (Å²) in [7, 11) is 0. The van der Waals surface area contributed by atoms with E-state index in [0.717, 1.165) is 0 Å². The quantitative estimate of drug-likeness (QED) is 0.806. The Bertz CT molecular complexity index is 106. The Labute approximate surface area is 78.4 Å². The van der Waals surface area contributed by atoms with E-state index in [2.05, 4.69) is 47.8 Å².